The van der Waals surface area contributed by atoms with Gasteiger partial charge in [0.15, 0.2) is 0 Å². The van der Waals surface area contributed by atoms with E-state index in [1.54, 1.807) is 6.42 Å². The van der Waals surface area contributed by atoms with Crippen molar-refractivity contribution < 1.29 is 5.11 Å². The van der Waals surface area contributed by atoms with E-state index < -0.39 is 0 Å². The third-order valence-corrected chi connectivity index (χ3v) is 7.84. The maximum atomic E-state index is 9.67. The van der Waals surface area contributed by atoms with E-state index in [1.165, 1.54) is 71.1 Å². The summed E-state index contributed by atoms with van der Waals surface area (Å²) >= 11 is 0. The number of hydrogen-bond donors (Lipinski definition) is 1. The smallest absolute Gasteiger partial charge is 0.0564 e. The van der Waals surface area contributed by atoms with Gasteiger partial charge in [0.05, 0.1) is 6.10 Å². The van der Waals surface area contributed by atoms with Crippen LogP contribution in [-0.2, 0) is 0 Å². The molecule has 0 radical (unpaired) electrons. The van der Waals surface area contributed by atoms with Crippen LogP contribution in [-0.4, -0.2) is 60.3 Å². The second-order valence-corrected chi connectivity index (χ2v) is 10.4. The van der Waals surface area contributed by atoms with E-state index in [1.807, 2.05) is 0 Å². The molecule has 4 aliphatic rings. The summed E-state index contributed by atoms with van der Waals surface area (Å²) in [5.41, 5.74) is 0.601. The first-order chi connectivity index (χ1) is 12.1. The van der Waals surface area contributed by atoms with Gasteiger partial charge in [-0.2, -0.15) is 0 Å². The highest BCUT2D eigenvalue weighted by molar-refractivity contribution is 4.92. The minimum atomic E-state index is -0.0335. The lowest BCUT2D eigenvalue weighted by Gasteiger charge is -2.48. The first-order valence-corrected chi connectivity index (χ1v) is 11.2. The Balaban J connectivity index is 1.21. The van der Waals surface area contributed by atoms with Crippen LogP contribution in [0.1, 0.15) is 71.1 Å². The topological polar surface area (TPSA) is 26.7 Å². The zero-order valence-corrected chi connectivity index (χ0v) is 16.5. The summed E-state index contributed by atoms with van der Waals surface area (Å²) in [6.45, 7) is 10.1. The predicted octanol–water partition coefficient (Wildman–Crippen LogP) is 3.76. The quantitative estimate of drug-likeness (QED) is 0.838. The van der Waals surface area contributed by atoms with Gasteiger partial charge >= 0.3 is 0 Å². The summed E-state index contributed by atoms with van der Waals surface area (Å²) in [6, 6.07) is 0. The molecule has 25 heavy (non-hydrogen) atoms. The average molecular weight is 349 g/mol. The van der Waals surface area contributed by atoms with Crippen LogP contribution in [0.25, 0.3) is 0 Å². The van der Waals surface area contributed by atoms with Crippen molar-refractivity contribution >= 4 is 0 Å². The van der Waals surface area contributed by atoms with Gasteiger partial charge in [-0.15, -0.1) is 0 Å². The first kappa shape index (κ1) is 18.3. The van der Waals surface area contributed by atoms with Crippen LogP contribution in [0, 0.1) is 23.2 Å². The van der Waals surface area contributed by atoms with Gasteiger partial charge < -0.3 is 14.9 Å². The zero-order chi connectivity index (χ0) is 17.3. The molecule has 0 spiro atoms. The van der Waals surface area contributed by atoms with Crippen LogP contribution >= 0.6 is 0 Å². The fourth-order valence-electron chi connectivity index (χ4n) is 6.71. The molecule has 1 N–H and O–H groups in total. The Labute approximate surface area is 155 Å². The van der Waals surface area contributed by atoms with Gasteiger partial charge in [-0.3, -0.25) is 0 Å². The summed E-state index contributed by atoms with van der Waals surface area (Å²) in [7, 11) is 0. The Morgan fingerprint density at radius 2 is 1.44 bits per heavy atom. The summed E-state index contributed by atoms with van der Waals surface area (Å²) < 4.78 is 0. The third-order valence-electron chi connectivity index (χ3n) is 7.84. The van der Waals surface area contributed by atoms with Gasteiger partial charge in [0.2, 0.25) is 0 Å². The number of rotatable bonds is 4. The van der Waals surface area contributed by atoms with E-state index >= 15 is 0 Å². The van der Waals surface area contributed by atoms with Crippen LogP contribution in [0.5, 0.6) is 0 Å². The first-order valence-electron chi connectivity index (χ1n) is 11.2. The maximum absolute atomic E-state index is 9.67. The molecule has 3 nitrogen and oxygen atoms in total. The summed E-state index contributed by atoms with van der Waals surface area (Å²) in [5, 5.41) is 9.67. The van der Waals surface area contributed by atoms with Crippen molar-refractivity contribution in [2.24, 2.45) is 23.2 Å². The van der Waals surface area contributed by atoms with Gasteiger partial charge in [0.25, 0.3) is 0 Å². The number of fused-ring (bicyclic) bond motifs is 2. The molecular formula is C22H40N2O. The van der Waals surface area contributed by atoms with Crippen molar-refractivity contribution in [3.8, 4) is 0 Å². The van der Waals surface area contributed by atoms with E-state index in [9.17, 15) is 5.11 Å². The molecule has 4 fully saturated rings. The molecule has 2 unspecified atom stereocenters. The summed E-state index contributed by atoms with van der Waals surface area (Å²) in [4.78, 5) is 5.41. The van der Waals surface area contributed by atoms with E-state index in [2.05, 4.69) is 16.7 Å². The lowest BCUT2D eigenvalue weighted by atomic mass is 9.61. The van der Waals surface area contributed by atoms with E-state index in [-0.39, 0.29) is 6.10 Å². The monoisotopic (exact) mass is 348 g/mol. The van der Waals surface area contributed by atoms with Crippen molar-refractivity contribution in [3.63, 3.8) is 0 Å². The van der Waals surface area contributed by atoms with E-state index in [4.69, 9.17) is 0 Å². The van der Waals surface area contributed by atoms with Crippen LogP contribution in [0.2, 0.25) is 0 Å². The van der Waals surface area contributed by atoms with E-state index in [0.717, 1.165) is 43.7 Å². The van der Waals surface area contributed by atoms with Gasteiger partial charge in [0, 0.05) is 26.2 Å². The van der Waals surface area contributed by atoms with Crippen molar-refractivity contribution in [1.29, 1.82) is 0 Å². The number of likely N-dealkylation sites (tertiary alicyclic amines) is 2. The summed E-state index contributed by atoms with van der Waals surface area (Å²) in [5.74, 6) is 2.99. The SMILES string of the molecule is CC1(CN2CCC(CN3CCC(O)CC3)CC2)CC2CCCC(C2)C1. The Bertz CT molecular complexity index is 412. The van der Waals surface area contributed by atoms with Crippen LogP contribution in [0.3, 0.4) is 0 Å². The number of hydrogen-bond acceptors (Lipinski definition) is 3. The number of aliphatic hydroxyl groups excluding tert-OH is 1. The molecule has 0 aromatic heterocycles. The Hall–Kier alpha value is -0.120. The largest absolute Gasteiger partial charge is 0.393 e. The van der Waals surface area contributed by atoms with Crippen LogP contribution in [0.15, 0.2) is 0 Å². The molecule has 2 saturated carbocycles. The second-order valence-electron chi connectivity index (χ2n) is 10.4. The normalized spacial score (nSPS) is 39.6. The molecule has 2 aliphatic heterocycles. The minimum Gasteiger partial charge on any atom is -0.393 e. The molecule has 2 atom stereocenters. The van der Waals surface area contributed by atoms with Crippen LogP contribution in [0.4, 0.5) is 0 Å². The molecule has 3 heteroatoms. The zero-order valence-electron chi connectivity index (χ0n) is 16.5. The molecule has 4 rings (SSSR count). The summed E-state index contributed by atoms with van der Waals surface area (Å²) in [6.07, 6.45) is 13.8. The van der Waals surface area contributed by atoms with Gasteiger partial charge in [-0.25, -0.2) is 0 Å². The van der Waals surface area contributed by atoms with Crippen molar-refractivity contribution in [1.82, 2.24) is 9.80 Å². The lowest BCUT2D eigenvalue weighted by Crippen LogP contribution is -2.46. The highest BCUT2D eigenvalue weighted by atomic mass is 16.3. The van der Waals surface area contributed by atoms with E-state index in [0.29, 0.717) is 5.41 Å². The molecule has 2 bridgehead atoms. The van der Waals surface area contributed by atoms with Crippen molar-refractivity contribution in [2.45, 2.75) is 77.2 Å². The third kappa shape index (κ3) is 4.78. The molecule has 144 valence electrons. The Kier molecular flexibility index (Phi) is 5.74. The molecule has 0 aromatic carbocycles. The fraction of sp³-hybridized carbons (Fsp3) is 1.00. The molecule has 2 aliphatic carbocycles. The van der Waals surface area contributed by atoms with Crippen molar-refractivity contribution in [2.75, 3.05) is 39.3 Å². The predicted molar refractivity (Wildman–Crippen MR) is 104 cm³/mol. The Morgan fingerprint density at radius 3 is 2.08 bits per heavy atom. The number of nitrogens with zero attached hydrogens (tertiary/aromatic N) is 2. The highest BCUT2D eigenvalue weighted by Crippen LogP contribution is 2.49. The molecule has 0 aromatic rings. The van der Waals surface area contributed by atoms with Gasteiger partial charge in [-0.05, 0) is 81.2 Å². The standard InChI is InChI=1S/C22H40N2O/c1-22(14-19-3-2-4-20(13-19)15-22)17-24-9-5-18(6-10-24)16-23-11-7-21(25)8-12-23/h18-21,25H,2-17H2,1H3. The number of aliphatic hydroxyl groups is 1. The minimum absolute atomic E-state index is 0.0335. The Morgan fingerprint density at radius 1 is 0.840 bits per heavy atom. The van der Waals surface area contributed by atoms with Gasteiger partial charge in [-0.1, -0.05) is 26.2 Å². The fourth-order valence-corrected chi connectivity index (χ4v) is 6.71. The van der Waals surface area contributed by atoms with Gasteiger partial charge in [0.1, 0.15) is 0 Å². The maximum Gasteiger partial charge on any atom is 0.0564 e. The van der Waals surface area contributed by atoms with Crippen LogP contribution < -0.4 is 0 Å². The highest BCUT2D eigenvalue weighted by Gasteiger charge is 2.40. The molecule has 2 saturated heterocycles. The number of piperidine rings is 2. The molecular weight excluding hydrogens is 308 g/mol. The molecule has 0 amide bonds. The lowest BCUT2D eigenvalue weighted by molar-refractivity contribution is 0.0210. The second kappa shape index (κ2) is 7.86. The average Bonchev–Trinajstić information content (AvgIpc) is 2.58. The molecule has 2 heterocycles. The van der Waals surface area contributed by atoms with Crippen molar-refractivity contribution in [3.05, 3.63) is 0 Å².